The van der Waals surface area contributed by atoms with Crippen LogP contribution in [0.25, 0.3) is 10.9 Å². The molecule has 160 valence electrons. The molecule has 9 heteroatoms. The zero-order valence-corrected chi connectivity index (χ0v) is 18.2. The highest BCUT2D eigenvalue weighted by Gasteiger charge is 2.20. The van der Waals surface area contributed by atoms with E-state index < -0.39 is 17.8 Å². The number of halogens is 2. The van der Waals surface area contributed by atoms with Crippen LogP contribution in [0.4, 0.5) is 5.69 Å². The Bertz CT molecular complexity index is 1160. The van der Waals surface area contributed by atoms with Crippen LogP contribution < -0.4 is 5.32 Å². The maximum absolute atomic E-state index is 12.8. The average molecular weight is 461 g/mol. The van der Waals surface area contributed by atoms with E-state index in [2.05, 4.69) is 10.3 Å². The Balaban J connectivity index is 2.08. The number of aromatic nitrogens is 1. The van der Waals surface area contributed by atoms with Crippen LogP contribution >= 0.6 is 23.2 Å². The van der Waals surface area contributed by atoms with Gasteiger partial charge in [0.25, 0.3) is 5.91 Å². The molecular weight excluding hydrogens is 443 g/mol. The molecule has 1 aromatic heterocycles. The van der Waals surface area contributed by atoms with E-state index in [1.807, 2.05) is 0 Å². The molecule has 1 amide bonds. The Kier molecular flexibility index (Phi) is 7.09. The van der Waals surface area contributed by atoms with E-state index in [1.54, 1.807) is 43.3 Å². The van der Waals surface area contributed by atoms with E-state index in [4.69, 9.17) is 32.7 Å². The molecule has 0 bridgehead atoms. The maximum Gasteiger partial charge on any atom is 0.340 e. The molecule has 1 N–H and O–H groups in total. The van der Waals surface area contributed by atoms with Crippen molar-refractivity contribution in [3.8, 4) is 0 Å². The van der Waals surface area contributed by atoms with E-state index in [9.17, 15) is 14.4 Å². The molecule has 0 aliphatic heterocycles. The lowest BCUT2D eigenvalue weighted by molar-refractivity contribution is -0.142. The number of benzene rings is 2. The summed E-state index contributed by atoms with van der Waals surface area (Å²) in [6.45, 7) is 2.98. The number of esters is 2. The fraction of sp³-hybridized carbons (Fsp3) is 0.182. The number of carbonyl (C=O) groups is 3. The van der Waals surface area contributed by atoms with Crippen LogP contribution in [-0.2, 0) is 20.9 Å². The molecule has 0 atom stereocenters. The predicted octanol–water partition coefficient (Wildman–Crippen LogP) is 5.03. The molecule has 0 spiro atoms. The number of nitrogens with zero attached hydrogens (tertiary/aromatic N) is 1. The van der Waals surface area contributed by atoms with Gasteiger partial charge in [-0.15, -0.1) is 0 Å². The number of rotatable bonds is 6. The van der Waals surface area contributed by atoms with E-state index in [0.29, 0.717) is 22.2 Å². The average Bonchev–Trinajstić information content (AvgIpc) is 2.72. The lowest BCUT2D eigenvalue weighted by Crippen LogP contribution is -2.15. The van der Waals surface area contributed by atoms with Crippen LogP contribution in [-0.4, -0.2) is 29.4 Å². The van der Waals surface area contributed by atoms with Gasteiger partial charge in [0.15, 0.2) is 0 Å². The summed E-state index contributed by atoms with van der Waals surface area (Å²) in [5.74, 6) is -1.60. The summed E-state index contributed by atoms with van der Waals surface area (Å²) in [7, 11) is 0. The number of nitrogens with one attached hydrogen (secondary N) is 1. The number of hydrogen-bond acceptors (Lipinski definition) is 6. The van der Waals surface area contributed by atoms with Crippen molar-refractivity contribution in [3.63, 3.8) is 0 Å². The van der Waals surface area contributed by atoms with Gasteiger partial charge in [0, 0.05) is 24.1 Å². The van der Waals surface area contributed by atoms with Gasteiger partial charge in [-0.1, -0.05) is 41.4 Å². The van der Waals surface area contributed by atoms with Crippen molar-refractivity contribution >= 4 is 57.6 Å². The Morgan fingerprint density at radius 1 is 1.03 bits per heavy atom. The van der Waals surface area contributed by atoms with Crippen LogP contribution in [0.15, 0.2) is 42.6 Å². The normalized spacial score (nSPS) is 10.6. The van der Waals surface area contributed by atoms with Crippen molar-refractivity contribution in [1.82, 2.24) is 4.98 Å². The number of fused-ring (bicyclic) bond motifs is 1. The number of hydrogen-bond donors (Lipinski definition) is 1. The number of amides is 1. The first-order chi connectivity index (χ1) is 14.8. The first-order valence-corrected chi connectivity index (χ1v) is 10.1. The Labute approximate surface area is 188 Å². The standard InChI is InChI=1S/C22H18Cl2N2O5/c1-3-30-22(29)14-10-25-20-13(15(14)11-31-12(2)27)6-4-9-18(20)26-21(28)19-16(23)7-5-8-17(19)24/h4-10H,3,11H2,1-2H3,(H,26,28). The molecule has 2 aromatic carbocycles. The van der Waals surface area contributed by atoms with E-state index in [-0.39, 0.29) is 34.4 Å². The molecule has 0 unspecified atom stereocenters. The van der Waals surface area contributed by atoms with Gasteiger partial charge >= 0.3 is 11.9 Å². The molecule has 7 nitrogen and oxygen atoms in total. The fourth-order valence-electron chi connectivity index (χ4n) is 2.99. The molecule has 31 heavy (non-hydrogen) atoms. The first-order valence-electron chi connectivity index (χ1n) is 9.30. The van der Waals surface area contributed by atoms with Crippen molar-refractivity contribution in [2.45, 2.75) is 20.5 Å². The van der Waals surface area contributed by atoms with Crippen molar-refractivity contribution in [2.75, 3.05) is 11.9 Å². The third-order valence-corrected chi connectivity index (χ3v) is 4.99. The summed E-state index contributed by atoms with van der Waals surface area (Å²) in [4.78, 5) is 40.9. The number of pyridine rings is 1. The highest BCUT2D eigenvalue weighted by atomic mass is 35.5. The highest BCUT2D eigenvalue weighted by Crippen LogP contribution is 2.30. The smallest absolute Gasteiger partial charge is 0.340 e. The van der Waals surface area contributed by atoms with E-state index >= 15 is 0 Å². The Hall–Kier alpha value is -3.16. The Morgan fingerprint density at radius 2 is 1.71 bits per heavy atom. The molecule has 0 fully saturated rings. The minimum absolute atomic E-state index is 0.131. The fourth-order valence-corrected chi connectivity index (χ4v) is 3.56. The van der Waals surface area contributed by atoms with Gasteiger partial charge in [0.1, 0.15) is 6.61 Å². The molecule has 0 aliphatic rings. The summed E-state index contributed by atoms with van der Waals surface area (Å²) in [5.41, 5.74) is 1.50. The number of para-hydroxylation sites is 1. The lowest BCUT2D eigenvalue weighted by atomic mass is 10.0. The van der Waals surface area contributed by atoms with Crippen LogP contribution in [0.5, 0.6) is 0 Å². The molecule has 0 saturated heterocycles. The molecule has 0 saturated carbocycles. The van der Waals surface area contributed by atoms with Crippen LogP contribution in [0.2, 0.25) is 10.0 Å². The Morgan fingerprint density at radius 3 is 2.35 bits per heavy atom. The zero-order valence-electron chi connectivity index (χ0n) is 16.7. The minimum atomic E-state index is -0.587. The molecule has 3 rings (SSSR count). The van der Waals surface area contributed by atoms with E-state index in [0.717, 1.165) is 0 Å². The summed E-state index contributed by atoms with van der Waals surface area (Å²) >= 11 is 12.3. The van der Waals surface area contributed by atoms with Gasteiger partial charge in [-0.25, -0.2) is 4.79 Å². The summed E-state index contributed by atoms with van der Waals surface area (Å²) in [6, 6.07) is 9.80. The lowest BCUT2D eigenvalue weighted by Gasteiger charge is -2.15. The molecule has 1 heterocycles. The quantitative estimate of drug-likeness (QED) is 0.518. The van der Waals surface area contributed by atoms with Crippen LogP contribution in [0, 0.1) is 0 Å². The minimum Gasteiger partial charge on any atom is -0.462 e. The largest absolute Gasteiger partial charge is 0.462 e. The van der Waals surface area contributed by atoms with Gasteiger partial charge in [-0.05, 0) is 25.1 Å². The zero-order chi connectivity index (χ0) is 22.5. The third kappa shape index (κ3) is 4.95. The molecule has 0 aliphatic carbocycles. The topological polar surface area (TPSA) is 94.6 Å². The predicted molar refractivity (Wildman–Crippen MR) is 118 cm³/mol. The van der Waals surface area contributed by atoms with Gasteiger partial charge in [0.2, 0.25) is 0 Å². The molecule has 3 aromatic rings. The highest BCUT2D eigenvalue weighted by molar-refractivity contribution is 6.40. The SMILES string of the molecule is CCOC(=O)c1cnc2c(NC(=O)c3c(Cl)cccc3Cl)cccc2c1COC(C)=O. The van der Waals surface area contributed by atoms with Crippen LogP contribution in [0.1, 0.15) is 40.1 Å². The van der Waals surface area contributed by atoms with Crippen molar-refractivity contribution in [1.29, 1.82) is 0 Å². The van der Waals surface area contributed by atoms with Crippen molar-refractivity contribution in [3.05, 3.63) is 69.3 Å². The van der Waals surface area contributed by atoms with Crippen molar-refractivity contribution in [2.24, 2.45) is 0 Å². The van der Waals surface area contributed by atoms with Gasteiger partial charge in [0.05, 0.1) is 39.0 Å². The van der Waals surface area contributed by atoms with E-state index in [1.165, 1.54) is 13.1 Å². The maximum atomic E-state index is 12.8. The summed E-state index contributed by atoms with van der Waals surface area (Å²) < 4.78 is 10.2. The van der Waals surface area contributed by atoms with Gasteiger partial charge < -0.3 is 14.8 Å². The third-order valence-electron chi connectivity index (χ3n) is 4.36. The summed E-state index contributed by atoms with van der Waals surface area (Å²) in [5, 5.41) is 3.69. The van der Waals surface area contributed by atoms with Crippen LogP contribution in [0.3, 0.4) is 0 Å². The monoisotopic (exact) mass is 460 g/mol. The van der Waals surface area contributed by atoms with Gasteiger partial charge in [-0.2, -0.15) is 0 Å². The number of carbonyl (C=O) groups excluding carboxylic acids is 3. The second-order valence-electron chi connectivity index (χ2n) is 6.40. The number of ether oxygens (including phenoxy) is 2. The molecular formula is C22H18Cl2N2O5. The second kappa shape index (κ2) is 9.76. The number of anilines is 1. The van der Waals surface area contributed by atoms with Gasteiger partial charge in [-0.3, -0.25) is 14.6 Å². The van der Waals surface area contributed by atoms with Crippen molar-refractivity contribution < 1.29 is 23.9 Å². The molecule has 0 radical (unpaired) electrons. The summed E-state index contributed by atoms with van der Waals surface area (Å²) in [6.07, 6.45) is 1.33. The second-order valence-corrected chi connectivity index (χ2v) is 7.22. The first kappa shape index (κ1) is 22.5.